The summed E-state index contributed by atoms with van der Waals surface area (Å²) in [5, 5.41) is 1.07. The number of thiophene rings is 1. The normalized spacial score (nSPS) is 15.3. The van der Waals surface area contributed by atoms with Crippen LogP contribution < -0.4 is 0 Å². The van der Waals surface area contributed by atoms with Crippen molar-refractivity contribution in [3.8, 4) is 21.8 Å². The molecule has 0 unspecified atom stereocenters. The highest BCUT2D eigenvalue weighted by Gasteiger charge is 2.19. The second-order valence-corrected chi connectivity index (χ2v) is 7.88. The number of benzene rings is 1. The second kappa shape index (κ2) is 7.79. The van der Waals surface area contributed by atoms with Crippen LogP contribution in [0, 0.1) is 0 Å². The van der Waals surface area contributed by atoms with Crippen LogP contribution in [0.4, 0.5) is 0 Å². The lowest BCUT2D eigenvalue weighted by molar-refractivity contribution is 0.0364. The number of hydrogen-bond acceptors (Lipinski definition) is 6. The lowest BCUT2D eigenvalue weighted by Gasteiger charge is -2.26. The van der Waals surface area contributed by atoms with Crippen LogP contribution in [0.25, 0.3) is 32.0 Å². The van der Waals surface area contributed by atoms with Gasteiger partial charge in [-0.05, 0) is 6.07 Å². The first kappa shape index (κ1) is 17.5. The Morgan fingerprint density at radius 3 is 2.71 bits per heavy atom. The first-order valence-electron chi connectivity index (χ1n) is 9.49. The van der Waals surface area contributed by atoms with Gasteiger partial charge in [0.15, 0.2) is 0 Å². The van der Waals surface area contributed by atoms with Crippen LogP contribution >= 0.6 is 11.3 Å². The fourth-order valence-corrected chi connectivity index (χ4v) is 4.63. The maximum absolute atomic E-state index is 5.47. The molecule has 3 aromatic heterocycles. The number of fused-ring (bicyclic) bond motifs is 1. The van der Waals surface area contributed by atoms with Gasteiger partial charge in [-0.1, -0.05) is 30.3 Å². The van der Waals surface area contributed by atoms with Gasteiger partial charge in [0, 0.05) is 43.3 Å². The largest absolute Gasteiger partial charge is 0.379 e. The van der Waals surface area contributed by atoms with Crippen LogP contribution in [0.2, 0.25) is 0 Å². The first-order chi connectivity index (χ1) is 13.9. The molecule has 1 aliphatic heterocycles. The van der Waals surface area contributed by atoms with Gasteiger partial charge in [0.2, 0.25) is 0 Å². The van der Waals surface area contributed by atoms with Crippen molar-refractivity contribution in [1.29, 1.82) is 0 Å². The van der Waals surface area contributed by atoms with Gasteiger partial charge >= 0.3 is 0 Å². The summed E-state index contributed by atoms with van der Waals surface area (Å²) in [6, 6.07) is 12.6. The van der Waals surface area contributed by atoms with Crippen molar-refractivity contribution in [2.45, 2.75) is 6.54 Å². The SMILES string of the molecule is c1ccc(-c2ncn(CCN3CCOCC3)c2-c2cc3cncnc3s2)cc1. The van der Waals surface area contributed by atoms with Crippen LogP contribution in [0.5, 0.6) is 0 Å². The molecule has 6 nitrogen and oxygen atoms in total. The Morgan fingerprint density at radius 1 is 1.04 bits per heavy atom. The fraction of sp³-hybridized carbons (Fsp3) is 0.286. The highest BCUT2D eigenvalue weighted by atomic mass is 32.1. The Balaban J connectivity index is 1.54. The van der Waals surface area contributed by atoms with E-state index in [1.54, 1.807) is 17.7 Å². The molecule has 5 rings (SSSR count). The van der Waals surface area contributed by atoms with Gasteiger partial charge in [-0.3, -0.25) is 4.90 Å². The Morgan fingerprint density at radius 2 is 1.89 bits per heavy atom. The molecule has 1 saturated heterocycles. The molecule has 4 heterocycles. The van der Waals surface area contributed by atoms with Crippen molar-refractivity contribution in [1.82, 2.24) is 24.4 Å². The summed E-state index contributed by atoms with van der Waals surface area (Å²) < 4.78 is 7.74. The topological polar surface area (TPSA) is 56.1 Å². The molecule has 1 aromatic carbocycles. The van der Waals surface area contributed by atoms with E-state index in [0.717, 1.165) is 66.6 Å². The minimum absolute atomic E-state index is 0.820. The van der Waals surface area contributed by atoms with Crippen LogP contribution in [-0.4, -0.2) is 57.3 Å². The third-order valence-electron chi connectivity index (χ3n) is 5.07. The van der Waals surface area contributed by atoms with Crippen molar-refractivity contribution in [2.24, 2.45) is 0 Å². The number of morpholine rings is 1. The molecule has 1 aliphatic rings. The summed E-state index contributed by atoms with van der Waals surface area (Å²) in [4.78, 5) is 18.0. The van der Waals surface area contributed by atoms with Gasteiger partial charge in [0.05, 0.1) is 35.8 Å². The number of nitrogens with zero attached hydrogens (tertiary/aromatic N) is 5. The lowest BCUT2D eigenvalue weighted by Crippen LogP contribution is -2.38. The smallest absolute Gasteiger partial charge is 0.127 e. The zero-order valence-electron chi connectivity index (χ0n) is 15.5. The van der Waals surface area contributed by atoms with E-state index >= 15 is 0 Å². The van der Waals surface area contributed by atoms with Crippen molar-refractivity contribution < 1.29 is 4.74 Å². The monoisotopic (exact) mass is 391 g/mol. The van der Waals surface area contributed by atoms with Crippen LogP contribution in [0.15, 0.2) is 55.2 Å². The maximum Gasteiger partial charge on any atom is 0.127 e. The number of ether oxygens (including phenoxy) is 1. The zero-order valence-corrected chi connectivity index (χ0v) is 16.3. The van der Waals surface area contributed by atoms with Gasteiger partial charge in [-0.25, -0.2) is 15.0 Å². The van der Waals surface area contributed by atoms with Crippen molar-refractivity contribution in [2.75, 3.05) is 32.8 Å². The number of aromatic nitrogens is 4. The van der Waals surface area contributed by atoms with Crippen molar-refractivity contribution in [3.63, 3.8) is 0 Å². The van der Waals surface area contributed by atoms with Gasteiger partial charge in [-0.2, -0.15) is 0 Å². The standard InChI is InChI=1S/C21H21N5OS/c1-2-4-16(5-3-1)19-20(18-12-17-13-22-14-23-21(17)28-18)26(15-24-19)7-6-25-8-10-27-11-9-25/h1-5,12-15H,6-11H2. The Hall–Kier alpha value is -2.61. The molecule has 0 N–H and O–H groups in total. The first-order valence-corrected chi connectivity index (χ1v) is 10.3. The Labute approximate surface area is 167 Å². The number of hydrogen-bond donors (Lipinski definition) is 0. The predicted octanol–water partition coefficient (Wildman–Crippen LogP) is 3.55. The molecule has 0 aliphatic carbocycles. The summed E-state index contributed by atoms with van der Waals surface area (Å²) in [7, 11) is 0. The molecule has 0 atom stereocenters. The van der Waals surface area contributed by atoms with E-state index in [1.165, 1.54) is 4.88 Å². The minimum atomic E-state index is 0.820. The van der Waals surface area contributed by atoms with E-state index in [9.17, 15) is 0 Å². The summed E-state index contributed by atoms with van der Waals surface area (Å²) in [6.07, 6.45) is 5.45. The summed E-state index contributed by atoms with van der Waals surface area (Å²) >= 11 is 1.69. The lowest BCUT2D eigenvalue weighted by atomic mass is 10.1. The third kappa shape index (κ3) is 3.44. The molecule has 0 radical (unpaired) electrons. The average molecular weight is 392 g/mol. The molecular weight excluding hydrogens is 370 g/mol. The molecule has 0 spiro atoms. The van der Waals surface area contributed by atoms with E-state index in [0.29, 0.717) is 0 Å². The molecule has 7 heteroatoms. The molecular formula is C21H21N5OS. The maximum atomic E-state index is 5.47. The summed E-state index contributed by atoms with van der Waals surface area (Å²) in [5.74, 6) is 0. The van der Waals surface area contributed by atoms with E-state index in [-0.39, 0.29) is 0 Å². The van der Waals surface area contributed by atoms with Gasteiger partial charge in [0.1, 0.15) is 11.2 Å². The highest BCUT2D eigenvalue weighted by Crippen LogP contribution is 2.37. The third-order valence-corrected chi connectivity index (χ3v) is 6.14. The summed E-state index contributed by atoms with van der Waals surface area (Å²) in [5.41, 5.74) is 3.30. The van der Waals surface area contributed by atoms with Gasteiger partial charge in [-0.15, -0.1) is 11.3 Å². The molecule has 0 bridgehead atoms. The van der Waals surface area contributed by atoms with E-state index < -0.39 is 0 Å². The fourth-order valence-electron chi connectivity index (χ4n) is 3.60. The molecule has 0 saturated carbocycles. The Bertz CT molecular complexity index is 1040. The van der Waals surface area contributed by atoms with E-state index in [4.69, 9.17) is 9.72 Å². The van der Waals surface area contributed by atoms with Crippen molar-refractivity contribution >= 4 is 21.6 Å². The predicted molar refractivity (Wildman–Crippen MR) is 111 cm³/mol. The quantitative estimate of drug-likeness (QED) is 0.521. The summed E-state index contributed by atoms with van der Waals surface area (Å²) in [6.45, 7) is 5.52. The molecule has 142 valence electrons. The van der Waals surface area contributed by atoms with Gasteiger partial charge in [0.25, 0.3) is 0 Å². The minimum Gasteiger partial charge on any atom is -0.379 e. The van der Waals surface area contributed by atoms with Crippen molar-refractivity contribution in [3.05, 3.63) is 55.2 Å². The molecule has 4 aromatic rings. The molecule has 0 amide bonds. The van der Waals surface area contributed by atoms with Crippen LogP contribution in [0.1, 0.15) is 0 Å². The second-order valence-electron chi connectivity index (χ2n) is 6.85. The number of imidazole rings is 1. The Kier molecular flexibility index (Phi) is 4.86. The van der Waals surface area contributed by atoms with Crippen LogP contribution in [-0.2, 0) is 11.3 Å². The molecule has 28 heavy (non-hydrogen) atoms. The number of rotatable bonds is 5. The zero-order chi connectivity index (χ0) is 18.8. The van der Waals surface area contributed by atoms with E-state index in [2.05, 4.69) is 49.8 Å². The molecule has 1 fully saturated rings. The van der Waals surface area contributed by atoms with Gasteiger partial charge < -0.3 is 9.30 Å². The van der Waals surface area contributed by atoms with E-state index in [1.807, 2.05) is 18.6 Å². The highest BCUT2D eigenvalue weighted by molar-refractivity contribution is 7.21. The average Bonchev–Trinajstić information content (AvgIpc) is 3.37. The van der Waals surface area contributed by atoms with Crippen LogP contribution in [0.3, 0.4) is 0 Å².